The summed E-state index contributed by atoms with van der Waals surface area (Å²) in [5.41, 5.74) is 3.69. The maximum Gasteiger partial charge on any atom is 0.232 e. The van der Waals surface area contributed by atoms with Gasteiger partial charge in [-0.1, -0.05) is 29.3 Å². The minimum Gasteiger partial charge on any atom is -0.315 e. The number of amides is 1. The summed E-state index contributed by atoms with van der Waals surface area (Å²) in [7, 11) is 1.81. The van der Waals surface area contributed by atoms with E-state index < -0.39 is 5.41 Å². The van der Waals surface area contributed by atoms with Crippen molar-refractivity contribution in [3.8, 4) is 6.07 Å². The summed E-state index contributed by atoms with van der Waals surface area (Å²) in [6, 6.07) is 10.3. The number of carbonyl (C=O) groups is 1. The zero-order valence-corrected chi connectivity index (χ0v) is 12.1. The Morgan fingerprint density at radius 3 is 2.70 bits per heavy atom. The first-order chi connectivity index (χ1) is 9.51. The zero-order chi connectivity index (χ0) is 14.5. The van der Waals surface area contributed by atoms with E-state index >= 15 is 0 Å². The van der Waals surface area contributed by atoms with E-state index in [4.69, 9.17) is 0 Å². The Morgan fingerprint density at radius 2 is 2.00 bits per heavy atom. The van der Waals surface area contributed by atoms with Gasteiger partial charge < -0.3 is 4.90 Å². The van der Waals surface area contributed by atoms with Crippen LogP contribution in [-0.4, -0.2) is 13.0 Å². The highest BCUT2D eigenvalue weighted by Crippen LogP contribution is 2.51. The van der Waals surface area contributed by atoms with Gasteiger partial charge in [0.25, 0.3) is 0 Å². The number of hydrogen-bond donors (Lipinski definition) is 0. The van der Waals surface area contributed by atoms with Crippen molar-refractivity contribution in [3.63, 3.8) is 0 Å². The van der Waals surface area contributed by atoms with Crippen molar-refractivity contribution in [2.75, 3.05) is 11.9 Å². The third-order valence-electron chi connectivity index (χ3n) is 4.95. The van der Waals surface area contributed by atoms with Crippen molar-refractivity contribution >= 4 is 11.6 Å². The molecule has 0 fully saturated rings. The summed E-state index contributed by atoms with van der Waals surface area (Å²) < 4.78 is 0. The first-order valence-corrected chi connectivity index (χ1v) is 6.95. The third-order valence-corrected chi connectivity index (χ3v) is 4.95. The molecule has 3 rings (SSSR count). The minimum atomic E-state index is -0.691. The Morgan fingerprint density at radius 1 is 1.30 bits per heavy atom. The van der Waals surface area contributed by atoms with Crippen LogP contribution in [0.3, 0.4) is 0 Å². The molecule has 1 heterocycles. The average molecular weight is 266 g/mol. The number of allylic oxidation sites excluding steroid dienone is 2. The minimum absolute atomic E-state index is 0.0668. The Kier molecular flexibility index (Phi) is 2.72. The Hall–Kier alpha value is -2.08. The fourth-order valence-electron chi connectivity index (χ4n) is 3.60. The van der Waals surface area contributed by atoms with Crippen molar-refractivity contribution < 1.29 is 4.79 Å². The van der Waals surface area contributed by atoms with Gasteiger partial charge in [0.05, 0.1) is 17.4 Å². The molecule has 0 radical (unpaired) electrons. The highest BCUT2D eigenvalue weighted by atomic mass is 16.2. The molecule has 1 aromatic rings. The molecule has 0 saturated carbocycles. The van der Waals surface area contributed by atoms with Crippen LogP contribution < -0.4 is 4.90 Å². The maximum absolute atomic E-state index is 12.7. The molecule has 0 unspecified atom stereocenters. The van der Waals surface area contributed by atoms with Crippen LogP contribution in [0.4, 0.5) is 5.69 Å². The van der Waals surface area contributed by atoms with Crippen LogP contribution >= 0.6 is 0 Å². The van der Waals surface area contributed by atoms with E-state index in [9.17, 15) is 10.1 Å². The number of nitrogens with zero attached hydrogens (tertiary/aromatic N) is 2. The van der Waals surface area contributed by atoms with Gasteiger partial charge in [-0.05, 0) is 38.3 Å². The van der Waals surface area contributed by atoms with E-state index in [2.05, 4.69) is 19.9 Å². The lowest BCUT2D eigenvalue weighted by Crippen LogP contribution is -2.51. The largest absolute Gasteiger partial charge is 0.315 e. The molecular weight excluding hydrogens is 248 g/mol. The maximum atomic E-state index is 12.7. The van der Waals surface area contributed by atoms with Gasteiger partial charge in [0.1, 0.15) is 0 Å². The predicted molar refractivity (Wildman–Crippen MR) is 78.2 cm³/mol. The molecule has 3 nitrogen and oxygen atoms in total. The van der Waals surface area contributed by atoms with Crippen molar-refractivity contribution in [1.29, 1.82) is 5.26 Å². The molecule has 0 saturated heterocycles. The van der Waals surface area contributed by atoms with Crippen molar-refractivity contribution in [3.05, 3.63) is 41.0 Å². The van der Waals surface area contributed by atoms with E-state index in [0.29, 0.717) is 12.8 Å². The van der Waals surface area contributed by atoms with Gasteiger partial charge in [-0.3, -0.25) is 4.79 Å². The molecule has 1 aliphatic heterocycles. The van der Waals surface area contributed by atoms with Crippen LogP contribution in [0.15, 0.2) is 35.4 Å². The molecule has 1 amide bonds. The third kappa shape index (κ3) is 1.48. The van der Waals surface area contributed by atoms with Gasteiger partial charge in [-0.25, -0.2) is 0 Å². The van der Waals surface area contributed by atoms with E-state index in [1.54, 1.807) is 4.90 Å². The molecule has 0 bridgehead atoms. The summed E-state index contributed by atoms with van der Waals surface area (Å²) in [6.45, 7) is 4.15. The summed E-state index contributed by atoms with van der Waals surface area (Å²) in [5, 5.41) is 9.89. The Balaban J connectivity index is 2.29. The topological polar surface area (TPSA) is 44.1 Å². The number of hydrogen-bond acceptors (Lipinski definition) is 2. The monoisotopic (exact) mass is 266 g/mol. The summed E-state index contributed by atoms with van der Waals surface area (Å²) >= 11 is 0. The van der Waals surface area contributed by atoms with Gasteiger partial charge >= 0.3 is 0 Å². The first-order valence-electron chi connectivity index (χ1n) is 6.95. The van der Waals surface area contributed by atoms with Crippen molar-refractivity contribution in [2.24, 2.45) is 5.92 Å². The smallest absolute Gasteiger partial charge is 0.232 e. The predicted octanol–water partition coefficient (Wildman–Crippen LogP) is 3.17. The van der Waals surface area contributed by atoms with Gasteiger partial charge in [0.2, 0.25) is 5.91 Å². The van der Waals surface area contributed by atoms with Gasteiger partial charge in [-0.15, -0.1) is 0 Å². The van der Waals surface area contributed by atoms with Crippen LogP contribution in [0, 0.1) is 17.2 Å². The normalized spacial score (nSPS) is 28.8. The lowest BCUT2D eigenvalue weighted by Gasteiger charge is -2.46. The van der Waals surface area contributed by atoms with Crippen LogP contribution in [-0.2, 0) is 10.2 Å². The van der Waals surface area contributed by atoms with Crippen LogP contribution in [0.5, 0.6) is 0 Å². The molecule has 2 aliphatic rings. The second kappa shape index (κ2) is 4.21. The van der Waals surface area contributed by atoms with Crippen LogP contribution in [0.1, 0.15) is 32.3 Å². The highest BCUT2D eigenvalue weighted by molar-refractivity contribution is 6.00. The SMILES string of the molecule is CC1=C(C)C[C@@]2(C#N)c3ccccc3N(C)C(=O)[C@H]2C1. The molecule has 20 heavy (non-hydrogen) atoms. The number of nitriles is 1. The molecule has 102 valence electrons. The fraction of sp³-hybridized carbons (Fsp3) is 0.412. The van der Waals surface area contributed by atoms with Crippen LogP contribution in [0.2, 0.25) is 0 Å². The molecule has 2 atom stereocenters. The number of carbonyl (C=O) groups excluding carboxylic acids is 1. The number of benzene rings is 1. The molecule has 1 aromatic carbocycles. The Labute approximate surface area is 119 Å². The van der Waals surface area contributed by atoms with E-state index in [0.717, 1.165) is 11.3 Å². The van der Waals surface area contributed by atoms with Crippen LogP contribution in [0.25, 0.3) is 0 Å². The average Bonchev–Trinajstić information content (AvgIpc) is 2.47. The van der Waals surface area contributed by atoms with Gasteiger partial charge in [0, 0.05) is 12.7 Å². The molecule has 1 aliphatic carbocycles. The second-order valence-corrected chi connectivity index (χ2v) is 5.99. The molecule has 0 aromatic heterocycles. The lowest BCUT2D eigenvalue weighted by molar-refractivity contribution is -0.124. The molecule has 0 N–H and O–H groups in total. The summed E-state index contributed by atoms with van der Waals surface area (Å²) in [4.78, 5) is 14.4. The highest BCUT2D eigenvalue weighted by Gasteiger charge is 2.52. The second-order valence-electron chi connectivity index (χ2n) is 5.99. The summed E-state index contributed by atoms with van der Waals surface area (Å²) in [5.74, 6) is -0.187. The standard InChI is InChI=1S/C17H18N2O/c1-11-8-14-16(20)19(3)15-7-5-4-6-13(15)17(14,10-18)9-12(11)2/h4-7,14H,8-9H2,1-3H3/t14-,17-/m1/s1. The van der Waals surface area contributed by atoms with Crippen molar-refractivity contribution in [2.45, 2.75) is 32.1 Å². The van der Waals surface area contributed by atoms with Gasteiger partial charge in [-0.2, -0.15) is 5.26 Å². The fourth-order valence-corrected chi connectivity index (χ4v) is 3.60. The van der Waals surface area contributed by atoms with Gasteiger partial charge in [0.15, 0.2) is 0 Å². The van der Waals surface area contributed by atoms with Crippen molar-refractivity contribution in [1.82, 2.24) is 0 Å². The Bertz CT molecular complexity index is 668. The molecular formula is C17H18N2O. The van der Waals surface area contributed by atoms with E-state index in [1.807, 2.05) is 31.3 Å². The van der Waals surface area contributed by atoms with E-state index in [-0.39, 0.29) is 11.8 Å². The quantitative estimate of drug-likeness (QED) is 0.677. The number of fused-ring (bicyclic) bond motifs is 3. The number of anilines is 1. The summed E-state index contributed by atoms with van der Waals surface area (Å²) in [6.07, 6.45) is 1.35. The van der Waals surface area contributed by atoms with E-state index in [1.165, 1.54) is 11.1 Å². The first kappa shape index (κ1) is 12.9. The lowest BCUT2D eigenvalue weighted by atomic mass is 9.59. The zero-order valence-electron chi connectivity index (χ0n) is 12.1. The number of para-hydroxylation sites is 1. The molecule has 3 heteroatoms. The number of rotatable bonds is 0. The molecule has 0 spiro atoms.